The zero-order valence-electron chi connectivity index (χ0n) is 14.6. The van der Waals surface area contributed by atoms with Gasteiger partial charge in [-0.15, -0.1) is 0 Å². The van der Waals surface area contributed by atoms with Crippen LogP contribution in [0.25, 0.3) is 0 Å². The van der Waals surface area contributed by atoms with Crippen LogP contribution < -0.4 is 0 Å². The summed E-state index contributed by atoms with van der Waals surface area (Å²) < 4.78 is 12.2. The van der Waals surface area contributed by atoms with E-state index in [2.05, 4.69) is 13.8 Å². The van der Waals surface area contributed by atoms with Crippen LogP contribution in [0.2, 0.25) is 0 Å². The lowest BCUT2D eigenvalue weighted by molar-refractivity contribution is -0.124. The number of rotatable bonds is 5. The molecule has 0 N–H and O–H groups in total. The zero-order chi connectivity index (χ0) is 17.6. The number of carbonyl (C=O) groups is 2. The number of hydrogen-bond acceptors (Lipinski definition) is 2. The first-order valence-corrected chi connectivity index (χ1v) is 7.79. The van der Waals surface area contributed by atoms with E-state index in [-0.39, 0.29) is 11.2 Å². The maximum atomic E-state index is 12.2. The van der Waals surface area contributed by atoms with Gasteiger partial charge in [-0.2, -0.15) is 4.39 Å². The summed E-state index contributed by atoms with van der Waals surface area (Å²) >= 11 is 0. The van der Waals surface area contributed by atoms with Crippen LogP contribution in [0.15, 0.2) is 58.7 Å². The number of ketones is 1. The lowest BCUT2D eigenvalue weighted by Crippen LogP contribution is -2.24. The number of Topliss-reactive ketones (excluding diaryl/α,β-unsaturated/α-hetero) is 1. The molecule has 2 nitrogen and oxygen atoms in total. The van der Waals surface area contributed by atoms with E-state index < -0.39 is 6.04 Å². The zero-order valence-corrected chi connectivity index (χ0v) is 14.6. The molecule has 1 aliphatic rings. The van der Waals surface area contributed by atoms with Gasteiger partial charge in [0, 0.05) is 12.5 Å². The van der Waals surface area contributed by atoms with E-state index in [1.165, 1.54) is 0 Å². The topological polar surface area (TPSA) is 34.1 Å². The van der Waals surface area contributed by atoms with Gasteiger partial charge in [-0.05, 0) is 49.3 Å². The van der Waals surface area contributed by atoms with Crippen LogP contribution in [0.5, 0.6) is 0 Å². The molecule has 0 saturated carbocycles. The maximum absolute atomic E-state index is 12.2. The molecule has 0 bridgehead atoms. The summed E-state index contributed by atoms with van der Waals surface area (Å²) in [5, 5.41) is 0. The standard InChI is InChI=1S/C20H25FO2/c1-14(7-6-8-15(2)13-19(21)23)9-10-17-16(3)18(22)11-12-20(17,4)5/h6-10,13H,11-12H2,1-5H3/b8-6+,10-9+,14-7+,15-13-. The fourth-order valence-electron chi connectivity index (χ4n) is 2.61. The van der Waals surface area contributed by atoms with E-state index in [0.29, 0.717) is 12.0 Å². The molecule has 23 heavy (non-hydrogen) atoms. The molecule has 1 aliphatic carbocycles. The van der Waals surface area contributed by atoms with Gasteiger partial charge in [-0.1, -0.05) is 49.8 Å². The summed E-state index contributed by atoms with van der Waals surface area (Å²) in [6.45, 7) is 9.82. The highest BCUT2D eigenvalue weighted by Crippen LogP contribution is 2.39. The van der Waals surface area contributed by atoms with Crippen molar-refractivity contribution in [3.8, 4) is 0 Å². The van der Waals surface area contributed by atoms with Gasteiger partial charge in [0.15, 0.2) is 5.78 Å². The first-order chi connectivity index (χ1) is 10.6. The molecular weight excluding hydrogens is 291 g/mol. The minimum atomic E-state index is -1.45. The molecule has 0 aromatic heterocycles. The van der Waals surface area contributed by atoms with Crippen LogP contribution in [-0.4, -0.2) is 11.8 Å². The van der Waals surface area contributed by atoms with Crippen molar-refractivity contribution in [2.75, 3.05) is 0 Å². The number of allylic oxidation sites excluding steroid dienone is 10. The van der Waals surface area contributed by atoms with Crippen LogP contribution >= 0.6 is 0 Å². The predicted octanol–water partition coefficient (Wildman–Crippen LogP) is 5.19. The first kappa shape index (κ1) is 19.0. The molecule has 3 heteroatoms. The monoisotopic (exact) mass is 316 g/mol. The van der Waals surface area contributed by atoms with Gasteiger partial charge in [0.1, 0.15) is 0 Å². The van der Waals surface area contributed by atoms with E-state index in [1.54, 1.807) is 19.1 Å². The Balaban J connectivity index is 2.89. The molecule has 124 valence electrons. The molecule has 0 unspecified atom stereocenters. The summed E-state index contributed by atoms with van der Waals surface area (Å²) in [5.41, 5.74) is 3.51. The van der Waals surface area contributed by atoms with E-state index in [0.717, 1.165) is 29.2 Å². The summed E-state index contributed by atoms with van der Waals surface area (Å²) in [4.78, 5) is 22.2. The fraction of sp³-hybridized carbons (Fsp3) is 0.400. The third-order valence-electron chi connectivity index (χ3n) is 4.10. The molecule has 0 aromatic carbocycles. The van der Waals surface area contributed by atoms with Crippen molar-refractivity contribution in [2.45, 2.75) is 47.5 Å². The second-order valence-corrected chi connectivity index (χ2v) is 6.64. The molecule has 1 rings (SSSR count). The quantitative estimate of drug-likeness (QED) is 0.397. The van der Waals surface area contributed by atoms with Gasteiger partial charge in [-0.3, -0.25) is 9.59 Å². The van der Waals surface area contributed by atoms with Crippen molar-refractivity contribution in [3.05, 3.63) is 58.7 Å². The van der Waals surface area contributed by atoms with Crippen LogP contribution in [0, 0.1) is 5.41 Å². The SMILES string of the molecule is CC1=C(/C=C/C(C)=C/C=C/C(C)=C\C(=O)F)C(C)(C)CCC1=O. The molecule has 0 aliphatic heterocycles. The first-order valence-electron chi connectivity index (χ1n) is 7.79. The molecular formula is C20H25FO2. The highest BCUT2D eigenvalue weighted by Gasteiger charge is 2.30. The minimum Gasteiger partial charge on any atom is -0.295 e. The molecule has 0 heterocycles. The highest BCUT2D eigenvalue weighted by atomic mass is 19.1. The van der Waals surface area contributed by atoms with Crippen molar-refractivity contribution in [1.29, 1.82) is 0 Å². The van der Waals surface area contributed by atoms with Gasteiger partial charge in [0.2, 0.25) is 0 Å². The lowest BCUT2D eigenvalue weighted by Gasteiger charge is -2.32. The number of hydrogen-bond donors (Lipinski definition) is 0. The van der Waals surface area contributed by atoms with Crippen molar-refractivity contribution < 1.29 is 14.0 Å². The average Bonchev–Trinajstić information content (AvgIpc) is 2.42. The largest absolute Gasteiger partial charge is 0.325 e. The molecule has 0 amide bonds. The Bertz CT molecular complexity index is 641. The van der Waals surface area contributed by atoms with Gasteiger partial charge in [0.25, 0.3) is 0 Å². The Labute approximate surface area is 138 Å². The van der Waals surface area contributed by atoms with Gasteiger partial charge >= 0.3 is 6.04 Å². The molecule has 0 aromatic rings. The third-order valence-corrected chi connectivity index (χ3v) is 4.10. The number of halogens is 1. The highest BCUT2D eigenvalue weighted by molar-refractivity contribution is 5.97. The van der Waals surface area contributed by atoms with Gasteiger partial charge in [-0.25, -0.2) is 0 Å². The predicted molar refractivity (Wildman–Crippen MR) is 92.6 cm³/mol. The van der Waals surface area contributed by atoms with Crippen molar-refractivity contribution >= 4 is 11.8 Å². The van der Waals surface area contributed by atoms with E-state index in [9.17, 15) is 14.0 Å². The van der Waals surface area contributed by atoms with Crippen molar-refractivity contribution in [2.24, 2.45) is 5.41 Å². The number of carbonyl (C=O) groups excluding carboxylic acids is 2. The van der Waals surface area contributed by atoms with Crippen molar-refractivity contribution in [1.82, 2.24) is 0 Å². The van der Waals surface area contributed by atoms with Gasteiger partial charge in [0.05, 0.1) is 0 Å². The lowest BCUT2D eigenvalue weighted by atomic mass is 9.72. The molecule has 0 radical (unpaired) electrons. The Hall–Kier alpha value is -2.03. The minimum absolute atomic E-state index is 0.00538. The van der Waals surface area contributed by atoms with Crippen LogP contribution in [0.1, 0.15) is 47.5 Å². The Kier molecular flexibility index (Phi) is 6.62. The van der Waals surface area contributed by atoms with E-state index in [4.69, 9.17) is 0 Å². The molecule has 0 atom stereocenters. The van der Waals surface area contributed by atoms with Crippen LogP contribution in [0.4, 0.5) is 4.39 Å². The Morgan fingerprint density at radius 1 is 1.17 bits per heavy atom. The summed E-state index contributed by atoms with van der Waals surface area (Å²) in [6.07, 6.45) is 11.7. The van der Waals surface area contributed by atoms with E-state index in [1.807, 2.05) is 32.1 Å². The Morgan fingerprint density at radius 2 is 1.83 bits per heavy atom. The summed E-state index contributed by atoms with van der Waals surface area (Å²) in [7, 11) is 0. The van der Waals surface area contributed by atoms with Crippen molar-refractivity contribution in [3.63, 3.8) is 0 Å². The summed E-state index contributed by atoms with van der Waals surface area (Å²) in [5.74, 6) is 0.224. The average molecular weight is 316 g/mol. The fourth-order valence-corrected chi connectivity index (χ4v) is 2.61. The third kappa shape index (κ3) is 5.93. The second kappa shape index (κ2) is 8.00. The van der Waals surface area contributed by atoms with E-state index >= 15 is 0 Å². The normalized spacial score (nSPS) is 20.0. The van der Waals surface area contributed by atoms with Gasteiger partial charge < -0.3 is 0 Å². The molecule has 0 fully saturated rings. The Morgan fingerprint density at radius 3 is 2.43 bits per heavy atom. The molecule has 0 saturated heterocycles. The summed E-state index contributed by atoms with van der Waals surface area (Å²) in [6, 6.07) is -1.45. The van der Waals surface area contributed by atoms with Crippen LogP contribution in [-0.2, 0) is 9.59 Å². The smallest absolute Gasteiger partial charge is 0.295 e. The second-order valence-electron chi connectivity index (χ2n) is 6.64. The molecule has 0 spiro atoms. The van der Waals surface area contributed by atoms with Crippen LogP contribution in [0.3, 0.4) is 0 Å². The maximum Gasteiger partial charge on any atom is 0.325 e.